The molecule has 1 unspecified atom stereocenters. The molecule has 1 atom stereocenters. The molecule has 0 saturated heterocycles. The number of ketones is 1. The van der Waals surface area contributed by atoms with Gasteiger partial charge < -0.3 is 5.73 Å². The third kappa shape index (κ3) is 2.44. The van der Waals surface area contributed by atoms with Crippen molar-refractivity contribution in [1.29, 1.82) is 0 Å². The average molecular weight is 328 g/mol. The molecule has 18 heavy (non-hydrogen) atoms. The SMILES string of the molecule is CC(C)n1ncc(Br)c1C(=O)C(C)(N)C(F)(F)F. The lowest BCUT2D eigenvalue weighted by Crippen LogP contribution is -2.57. The van der Waals surface area contributed by atoms with Gasteiger partial charge in [0.25, 0.3) is 0 Å². The summed E-state index contributed by atoms with van der Waals surface area (Å²) in [7, 11) is 0. The van der Waals surface area contributed by atoms with Crippen LogP contribution in [0.4, 0.5) is 13.2 Å². The minimum Gasteiger partial charge on any atom is -0.311 e. The van der Waals surface area contributed by atoms with E-state index in [4.69, 9.17) is 5.73 Å². The first-order chi connectivity index (χ1) is 8.00. The molecular formula is C10H13BrF3N3O. The predicted octanol–water partition coefficient (Wildman–Crippen LogP) is 2.69. The maximum absolute atomic E-state index is 12.7. The maximum atomic E-state index is 12.7. The van der Waals surface area contributed by atoms with Gasteiger partial charge in [0.15, 0.2) is 5.54 Å². The Morgan fingerprint density at radius 1 is 1.50 bits per heavy atom. The van der Waals surface area contributed by atoms with E-state index in [9.17, 15) is 18.0 Å². The van der Waals surface area contributed by atoms with Gasteiger partial charge in [-0.15, -0.1) is 0 Å². The Bertz CT molecular complexity index is 465. The maximum Gasteiger partial charge on any atom is 0.413 e. The van der Waals surface area contributed by atoms with E-state index in [1.54, 1.807) is 13.8 Å². The number of carbonyl (C=O) groups excluding carboxylic acids is 1. The lowest BCUT2D eigenvalue weighted by Gasteiger charge is -2.26. The molecule has 0 aromatic carbocycles. The van der Waals surface area contributed by atoms with Crippen LogP contribution in [0.2, 0.25) is 0 Å². The van der Waals surface area contributed by atoms with Crippen LogP contribution >= 0.6 is 15.9 Å². The first-order valence-corrected chi connectivity index (χ1v) is 5.93. The zero-order valence-corrected chi connectivity index (χ0v) is 11.6. The molecule has 0 spiro atoms. The fraction of sp³-hybridized carbons (Fsp3) is 0.600. The summed E-state index contributed by atoms with van der Waals surface area (Å²) in [5.41, 5.74) is 2.01. The molecule has 0 aliphatic rings. The number of halogens is 4. The highest BCUT2D eigenvalue weighted by molar-refractivity contribution is 9.10. The fourth-order valence-electron chi connectivity index (χ4n) is 1.32. The van der Waals surface area contributed by atoms with Gasteiger partial charge in [-0.25, -0.2) is 0 Å². The summed E-state index contributed by atoms with van der Waals surface area (Å²) in [6.45, 7) is 4.06. The molecule has 4 nitrogen and oxygen atoms in total. The zero-order chi connectivity index (χ0) is 14.3. The Hall–Kier alpha value is -0.890. The molecular weight excluding hydrogens is 315 g/mol. The summed E-state index contributed by atoms with van der Waals surface area (Å²) in [5.74, 6) is -1.21. The Morgan fingerprint density at radius 2 is 2.00 bits per heavy atom. The van der Waals surface area contributed by atoms with Gasteiger partial charge in [-0.2, -0.15) is 18.3 Å². The molecule has 0 bridgehead atoms. The molecule has 0 aliphatic heterocycles. The highest BCUT2D eigenvalue weighted by Gasteiger charge is 2.55. The molecule has 0 aliphatic carbocycles. The van der Waals surface area contributed by atoms with Gasteiger partial charge in [0.1, 0.15) is 5.69 Å². The number of rotatable bonds is 3. The predicted molar refractivity (Wildman–Crippen MR) is 63.3 cm³/mol. The summed E-state index contributed by atoms with van der Waals surface area (Å²) in [4.78, 5) is 12.0. The van der Waals surface area contributed by atoms with Crippen molar-refractivity contribution in [2.24, 2.45) is 5.73 Å². The van der Waals surface area contributed by atoms with Crippen LogP contribution in [-0.4, -0.2) is 27.3 Å². The number of nitrogens with two attached hydrogens (primary N) is 1. The van der Waals surface area contributed by atoms with Crippen LogP contribution in [0.25, 0.3) is 0 Å². The quantitative estimate of drug-likeness (QED) is 0.868. The van der Waals surface area contributed by atoms with Crippen molar-refractivity contribution >= 4 is 21.7 Å². The second-order valence-electron chi connectivity index (χ2n) is 4.41. The minimum absolute atomic E-state index is 0.174. The number of Topliss-reactive ketones (excluding diaryl/α,β-unsaturated/α-hetero) is 1. The summed E-state index contributed by atoms with van der Waals surface area (Å²) >= 11 is 3.02. The monoisotopic (exact) mass is 327 g/mol. The minimum atomic E-state index is -4.82. The number of hydrogen-bond acceptors (Lipinski definition) is 3. The van der Waals surface area contributed by atoms with Crippen molar-refractivity contribution in [3.8, 4) is 0 Å². The van der Waals surface area contributed by atoms with E-state index < -0.39 is 17.5 Å². The second kappa shape index (κ2) is 4.65. The molecule has 102 valence electrons. The fourth-order valence-corrected chi connectivity index (χ4v) is 1.77. The molecule has 0 saturated carbocycles. The van der Waals surface area contributed by atoms with Crippen molar-refractivity contribution in [3.63, 3.8) is 0 Å². The van der Waals surface area contributed by atoms with E-state index in [0.717, 1.165) is 0 Å². The van der Waals surface area contributed by atoms with Crippen LogP contribution in [0, 0.1) is 0 Å². The van der Waals surface area contributed by atoms with E-state index >= 15 is 0 Å². The van der Waals surface area contributed by atoms with Gasteiger partial charge in [0.2, 0.25) is 5.78 Å². The zero-order valence-electron chi connectivity index (χ0n) is 10.0. The molecule has 1 aromatic heterocycles. The van der Waals surface area contributed by atoms with Gasteiger partial charge in [-0.3, -0.25) is 9.48 Å². The third-order valence-electron chi connectivity index (χ3n) is 2.52. The molecule has 1 aromatic rings. The van der Waals surface area contributed by atoms with Crippen molar-refractivity contribution < 1.29 is 18.0 Å². The molecule has 1 rings (SSSR count). The Balaban J connectivity index is 3.32. The van der Waals surface area contributed by atoms with Gasteiger partial charge in [0.05, 0.1) is 10.7 Å². The summed E-state index contributed by atoms with van der Waals surface area (Å²) < 4.78 is 39.7. The van der Waals surface area contributed by atoms with Gasteiger partial charge in [-0.05, 0) is 36.7 Å². The Kier molecular flexibility index (Phi) is 3.92. The topological polar surface area (TPSA) is 60.9 Å². The van der Waals surface area contributed by atoms with Gasteiger partial charge in [-0.1, -0.05) is 0 Å². The summed E-state index contributed by atoms with van der Waals surface area (Å²) in [6, 6.07) is -0.251. The van der Waals surface area contributed by atoms with E-state index in [1.165, 1.54) is 10.9 Å². The summed E-state index contributed by atoms with van der Waals surface area (Å²) in [5, 5.41) is 3.86. The normalized spacial score (nSPS) is 15.8. The van der Waals surface area contributed by atoms with Crippen molar-refractivity contribution in [1.82, 2.24) is 9.78 Å². The van der Waals surface area contributed by atoms with E-state index in [1.807, 2.05) is 0 Å². The van der Waals surface area contributed by atoms with Crippen LogP contribution < -0.4 is 5.73 Å². The van der Waals surface area contributed by atoms with Crippen LogP contribution in [0.15, 0.2) is 10.7 Å². The lowest BCUT2D eigenvalue weighted by molar-refractivity contribution is -0.166. The summed E-state index contributed by atoms with van der Waals surface area (Å²) in [6.07, 6.45) is -3.55. The molecule has 8 heteroatoms. The van der Waals surface area contributed by atoms with Crippen molar-refractivity contribution in [2.75, 3.05) is 0 Å². The van der Waals surface area contributed by atoms with Gasteiger partial charge in [0, 0.05) is 6.04 Å². The Labute approximate surface area is 110 Å². The van der Waals surface area contributed by atoms with Crippen molar-refractivity contribution in [2.45, 2.75) is 38.5 Å². The first kappa shape index (κ1) is 15.2. The second-order valence-corrected chi connectivity index (χ2v) is 5.26. The van der Waals surface area contributed by atoms with Crippen LogP contribution in [0.3, 0.4) is 0 Å². The van der Waals surface area contributed by atoms with Crippen LogP contribution in [0.1, 0.15) is 37.3 Å². The molecule has 0 radical (unpaired) electrons. The highest BCUT2D eigenvalue weighted by atomic mass is 79.9. The van der Waals surface area contributed by atoms with Crippen molar-refractivity contribution in [3.05, 3.63) is 16.4 Å². The standard InChI is InChI=1S/C10H13BrF3N3O/c1-5(2)17-7(6(11)4-16-17)8(18)9(3,15)10(12,13)14/h4-5H,15H2,1-3H3. The average Bonchev–Trinajstić information content (AvgIpc) is 2.57. The molecule has 1 heterocycles. The number of nitrogens with zero attached hydrogens (tertiary/aromatic N) is 2. The lowest BCUT2D eigenvalue weighted by atomic mass is 9.94. The van der Waals surface area contributed by atoms with Gasteiger partial charge >= 0.3 is 6.18 Å². The van der Waals surface area contributed by atoms with Crippen LogP contribution in [0.5, 0.6) is 0 Å². The molecule has 0 fully saturated rings. The molecule has 0 amide bonds. The first-order valence-electron chi connectivity index (χ1n) is 5.13. The van der Waals surface area contributed by atoms with E-state index in [0.29, 0.717) is 6.92 Å². The number of carbonyl (C=O) groups is 1. The van der Waals surface area contributed by atoms with E-state index in [-0.39, 0.29) is 16.2 Å². The largest absolute Gasteiger partial charge is 0.413 e. The highest BCUT2D eigenvalue weighted by Crippen LogP contribution is 2.33. The number of hydrogen-bond donors (Lipinski definition) is 1. The van der Waals surface area contributed by atoms with E-state index in [2.05, 4.69) is 21.0 Å². The molecule has 2 N–H and O–H groups in total. The Morgan fingerprint density at radius 3 is 2.39 bits per heavy atom. The smallest absolute Gasteiger partial charge is 0.311 e. The number of alkyl halides is 3. The van der Waals surface area contributed by atoms with Crippen LogP contribution in [-0.2, 0) is 0 Å². The third-order valence-corrected chi connectivity index (χ3v) is 3.10. The number of aromatic nitrogens is 2.